The number of fused-ring (bicyclic) bond motifs is 3. The van der Waals surface area contributed by atoms with Gasteiger partial charge in [0.2, 0.25) is 0 Å². The molecule has 0 amide bonds. The molecule has 6 aromatic carbocycles. The number of rotatable bonds is 4. The summed E-state index contributed by atoms with van der Waals surface area (Å²) in [5.74, 6) is 0.863. The third kappa shape index (κ3) is 3.75. The smallest absolute Gasteiger partial charge is 0.149 e. The van der Waals surface area contributed by atoms with Gasteiger partial charge in [0.25, 0.3) is 0 Å². The van der Waals surface area contributed by atoms with Crippen molar-refractivity contribution in [1.29, 1.82) is 0 Å². The van der Waals surface area contributed by atoms with E-state index >= 15 is 0 Å². The van der Waals surface area contributed by atoms with Crippen LogP contribution in [0.1, 0.15) is 0 Å². The van der Waals surface area contributed by atoms with Crippen LogP contribution in [0.2, 0.25) is 0 Å². The lowest BCUT2D eigenvalue weighted by Crippen LogP contribution is -2.23. The van der Waals surface area contributed by atoms with Crippen LogP contribution < -0.4 is 9.80 Å². The largest absolute Gasteiger partial charge is 0.507 e. The van der Waals surface area contributed by atoms with Gasteiger partial charge in [-0.3, -0.25) is 4.57 Å². The summed E-state index contributed by atoms with van der Waals surface area (Å²) in [6.07, 6.45) is 0. The summed E-state index contributed by atoms with van der Waals surface area (Å²) < 4.78 is 2.11. The Kier molecular flexibility index (Phi) is 5.54. The van der Waals surface area contributed by atoms with Crippen molar-refractivity contribution >= 4 is 45.2 Å². The number of hydrogen-bond donors (Lipinski definition) is 1. The van der Waals surface area contributed by atoms with E-state index in [2.05, 4.69) is 105 Å². The molecule has 2 heterocycles. The Bertz CT molecular complexity index is 2020. The molecule has 200 valence electrons. The topological polar surface area (TPSA) is 44.5 Å². The number of anilines is 6. The Morgan fingerprint density at radius 1 is 0.452 bits per heavy atom. The molecule has 0 saturated carbocycles. The summed E-state index contributed by atoms with van der Waals surface area (Å²) >= 11 is 0. The van der Waals surface area contributed by atoms with Gasteiger partial charge in [-0.05, 0) is 78.9 Å². The molecule has 1 aliphatic heterocycles. The summed E-state index contributed by atoms with van der Waals surface area (Å²) in [6.45, 7) is 0. The Balaban J connectivity index is 1.35. The molecule has 1 aromatic heterocycles. The molecule has 0 aliphatic carbocycles. The Hall–Kier alpha value is -5.81. The van der Waals surface area contributed by atoms with Crippen LogP contribution in [0.3, 0.4) is 0 Å². The summed E-state index contributed by atoms with van der Waals surface area (Å²) in [6, 6.07) is 51.4. The molecule has 0 saturated heterocycles. The van der Waals surface area contributed by atoms with Crippen LogP contribution in [0.5, 0.6) is 5.75 Å². The van der Waals surface area contributed by atoms with Crippen LogP contribution in [0.4, 0.5) is 34.1 Å². The van der Waals surface area contributed by atoms with Crippen molar-refractivity contribution in [1.82, 2.24) is 9.55 Å². The number of phenols is 1. The fraction of sp³-hybridized carbons (Fsp3) is 0. The van der Waals surface area contributed by atoms with Crippen molar-refractivity contribution in [3.63, 3.8) is 0 Å². The van der Waals surface area contributed by atoms with Crippen LogP contribution >= 0.6 is 0 Å². The zero-order valence-corrected chi connectivity index (χ0v) is 22.7. The predicted octanol–water partition coefficient (Wildman–Crippen LogP) is 9.65. The average Bonchev–Trinajstić information content (AvgIpc) is 3.44. The van der Waals surface area contributed by atoms with E-state index in [0.717, 1.165) is 50.8 Å². The summed E-state index contributed by atoms with van der Waals surface area (Å²) in [4.78, 5) is 9.59. The van der Waals surface area contributed by atoms with Gasteiger partial charge >= 0.3 is 0 Å². The number of nitrogens with zero attached hydrogens (tertiary/aromatic N) is 4. The second-order valence-electron chi connectivity index (χ2n) is 10.3. The molecule has 0 atom stereocenters. The van der Waals surface area contributed by atoms with Crippen molar-refractivity contribution in [2.75, 3.05) is 9.80 Å². The quantitative estimate of drug-likeness (QED) is 0.240. The normalized spacial score (nSPS) is 12.3. The number of aromatic nitrogens is 2. The standard InChI is InChI=1S/C37H26N4O/c42-36-24-23-28(25-29(36)37-38-30-17-7-8-18-31(30)41(37)27-15-5-2-6-16-27)40-34-21-11-9-19-32(34)39(26-13-3-1-4-14-26)33-20-10-12-22-35(33)40/h1-25,42H. The first-order valence-corrected chi connectivity index (χ1v) is 14.0. The average molecular weight is 543 g/mol. The van der Waals surface area contributed by atoms with E-state index in [0.29, 0.717) is 11.4 Å². The van der Waals surface area contributed by atoms with Crippen molar-refractivity contribution in [2.45, 2.75) is 0 Å². The van der Waals surface area contributed by atoms with Crippen molar-refractivity contribution < 1.29 is 5.11 Å². The van der Waals surface area contributed by atoms with Crippen LogP contribution in [0, 0.1) is 0 Å². The van der Waals surface area contributed by atoms with Gasteiger partial charge in [-0.2, -0.15) is 0 Å². The Morgan fingerprint density at radius 3 is 1.57 bits per heavy atom. The minimum absolute atomic E-state index is 0.177. The second kappa shape index (κ2) is 9.68. The van der Waals surface area contributed by atoms with E-state index in [1.807, 2.05) is 54.6 Å². The molecule has 0 fully saturated rings. The zero-order valence-electron chi connectivity index (χ0n) is 22.7. The highest BCUT2D eigenvalue weighted by Gasteiger charge is 2.30. The summed E-state index contributed by atoms with van der Waals surface area (Å²) in [5, 5.41) is 11.3. The third-order valence-corrected chi connectivity index (χ3v) is 7.80. The molecule has 1 N–H and O–H groups in total. The molecule has 0 unspecified atom stereocenters. The first-order chi connectivity index (χ1) is 20.8. The van der Waals surface area contributed by atoms with Crippen LogP contribution in [-0.2, 0) is 0 Å². The number of benzene rings is 6. The molecule has 0 bridgehead atoms. The molecule has 1 aliphatic rings. The first kappa shape index (κ1) is 24.0. The fourth-order valence-corrected chi connectivity index (χ4v) is 5.96. The van der Waals surface area contributed by atoms with Gasteiger partial charge in [-0.1, -0.05) is 72.8 Å². The Morgan fingerprint density at radius 2 is 0.952 bits per heavy atom. The summed E-state index contributed by atoms with van der Waals surface area (Å²) in [5.41, 5.74) is 9.78. The van der Waals surface area contributed by atoms with Gasteiger partial charge in [0.15, 0.2) is 0 Å². The molecular formula is C37H26N4O. The van der Waals surface area contributed by atoms with Crippen molar-refractivity contribution in [2.24, 2.45) is 0 Å². The minimum atomic E-state index is 0.177. The summed E-state index contributed by atoms with van der Waals surface area (Å²) in [7, 11) is 0. The molecule has 5 nitrogen and oxygen atoms in total. The SMILES string of the molecule is Oc1ccc(N2c3ccccc3N(c3ccccc3)c3ccccc32)cc1-c1nc2ccccc2n1-c1ccccc1. The number of para-hydroxylation sites is 8. The maximum Gasteiger partial charge on any atom is 0.149 e. The van der Waals surface area contributed by atoms with Gasteiger partial charge in [0, 0.05) is 17.1 Å². The molecule has 0 radical (unpaired) electrons. The Labute approximate surface area is 243 Å². The van der Waals surface area contributed by atoms with E-state index < -0.39 is 0 Å². The van der Waals surface area contributed by atoms with Crippen LogP contribution in [0.15, 0.2) is 152 Å². The fourth-order valence-electron chi connectivity index (χ4n) is 5.96. The highest BCUT2D eigenvalue weighted by Crippen LogP contribution is 2.54. The lowest BCUT2D eigenvalue weighted by atomic mass is 10.0. The lowest BCUT2D eigenvalue weighted by molar-refractivity contribution is 0.477. The molecular weight excluding hydrogens is 516 g/mol. The maximum absolute atomic E-state index is 11.3. The van der Waals surface area contributed by atoms with Crippen LogP contribution in [0.25, 0.3) is 28.1 Å². The number of imidazole rings is 1. The number of phenolic OH excluding ortho intramolecular Hbond substituents is 1. The van der Waals surface area contributed by atoms with Gasteiger partial charge in [0.05, 0.1) is 39.3 Å². The predicted molar refractivity (Wildman–Crippen MR) is 171 cm³/mol. The van der Waals surface area contributed by atoms with E-state index in [9.17, 15) is 5.11 Å². The van der Waals surface area contributed by atoms with Crippen molar-refractivity contribution in [3.8, 4) is 22.8 Å². The van der Waals surface area contributed by atoms with Gasteiger partial charge in [-0.15, -0.1) is 0 Å². The van der Waals surface area contributed by atoms with Crippen molar-refractivity contribution in [3.05, 3.63) is 152 Å². The van der Waals surface area contributed by atoms with Gasteiger partial charge < -0.3 is 14.9 Å². The lowest BCUT2D eigenvalue weighted by Gasteiger charge is -2.40. The highest BCUT2D eigenvalue weighted by molar-refractivity contribution is 6.02. The molecule has 0 spiro atoms. The number of aromatic hydroxyl groups is 1. The molecule has 42 heavy (non-hydrogen) atoms. The van der Waals surface area contributed by atoms with E-state index in [-0.39, 0.29) is 5.75 Å². The first-order valence-electron chi connectivity index (χ1n) is 14.0. The monoisotopic (exact) mass is 542 g/mol. The van der Waals surface area contributed by atoms with Crippen LogP contribution in [-0.4, -0.2) is 14.7 Å². The highest BCUT2D eigenvalue weighted by atomic mass is 16.3. The van der Waals surface area contributed by atoms with E-state index in [4.69, 9.17) is 4.98 Å². The molecule has 5 heteroatoms. The maximum atomic E-state index is 11.3. The minimum Gasteiger partial charge on any atom is -0.507 e. The third-order valence-electron chi connectivity index (χ3n) is 7.80. The van der Waals surface area contributed by atoms with Gasteiger partial charge in [-0.25, -0.2) is 4.98 Å². The molecule has 7 aromatic rings. The molecule has 8 rings (SSSR count). The van der Waals surface area contributed by atoms with E-state index in [1.54, 1.807) is 6.07 Å². The second-order valence-corrected chi connectivity index (χ2v) is 10.3. The van der Waals surface area contributed by atoms with Gasteiger partial charge in [0.1, 0.15) is 11.6 Å². The van der Waals surface area contributed by atoms with E-state index in [1.165, 1.54) is 0 Å². The zero-order chi connectivity index (χ0) is 28.0. The number of hydrogen-bond acceptors (Lipinski definition) is 4.